The van der Waals surface area contributed by atoms with E-state index in [1.165, 1.54) is 6.07 Å². The minimum Gasteiger partial charge on any atom is -0.487 e. The molecule has 1 aromatic carbocycles. The average Bonchev–Trinajstić information content (AvgIpc) is 2.40. The van der Waals surface area contributed by atoms with Gasteiger partial charge in [0.05, 0.1) is 12.2 Å². The maximum atomic E-state index is 13.2. The largest absolute Gasteiger partial charge is 0.487 e. The van der Waals surface area contributed by atoms with Crippen LogP contribution in [0.3, 0.4) is 0 Å². The molecule has 0 aliphatic carbocycles. The van der Waals surface area contributed by atoms with Crippen LogP contribution in [0, 0.1) is 0 Å². The number of ether oxygens (including phenoxy) is 2. The van der Waals surface area contributed by atoms with Crippen molar-refractivity contribution in [3.8, 4) is 5.75 Å². The van der Waals surface area contributed by atoms with E-state index in [2.05, 4.69) is 0 Å². The van der Waals surface area contributed by atoms with Crippen LogP contribution in [0.15, 0.2) is 18.2 Å². The second kappa shape index (κ2) is 6.66. The lowest BCUT2D eigenvalue weighted by Gasteiger charge is -2.25. The van der Waals surface area contributed by atoms with Gasteiger partial charge < -0.3 is 15.2 Å². The summed E-state index contributed by atoms with van der Waals surface area (Å²) in [6.45, 7) is 2.73. The Labute approximate surface area is 122 Å². The van der Waals surface area contributed by atoms with Crippen molar-refractivity contribution in [2.45, 2.75) is 44.5 Å². The van der Waals surface area contributed by atoms with Crippen molar-refractivity contribution in [3.63, 3.8) is 0 Å². The summed E-state index contributed by atoms with van der Waals surface area (Å²) in [5, 5.41) is 0. The highest BCUT2D eigenvalue weighted by Crippen LogP contribution is 2.37. The lowest BCUT2D eigenvalue weighted by Crippen LogP contribution is -2.29. The fraction of sp³-hybridized carbons (Fsp3) is 0.600. The molecule has 2 atom stereocenters. The first-order valence-electron chi connectivity index (χ1n) is 7.06. The highest BCUT2D eigenvalue weighted by atomic mass is 19.4. The molecule has 6 heteroatoms. The van der Waals surface area contributed by atoms with Crippen LogP contribution in [-0.2, 0) is 17.3 Å². The SMILES string of the molecule is CC(N)Cc1ccc(OC2CCCOC2)c(C(F)(F)F)c1. The van der Waals surface area contributed by atoms with Crippen LogP contribution in [0.2, 0.25) is 0 Å². The van der Waals surface area contributed by atoms with Crippen LogP contribution < -0.4 is 10.5 Å². The summed E-state index contributed by atoms with van der Waals surface area (Å²) in [6, 6.07) is 3.96. The topological polar surface area (TPSA) is 44.5 Å². The van der Waals surface area contributed by atoms with E-state index in [9.17, 15) is 13.2 Å². The van der Waals surface area contributed by atoms with Crippen molar-refractivity contribution in [3.05, 3.63) is 29.3 Å². The van der Waals surface area contributed by atoms with Gasteiger partial charge in [0.25, 0.3) is 0 Å². The molecule has 0 saturated carbocycles. The van der Waals surface area contributed by atoms with E-state index in [-0.39, 0.29) is 17.9 Å². The average molecular weight is 303 g/mol. The third kappa shape index (κ3) is 4.61. The van der Waals surface area contributed by atoms with Crippen LogP contribution in [-0.4, -0.2) is 25.4 Å². The Morgan fingerprint density at radius 3 is 2.76 bits per heavy atom. The van der Waals surface area contributed by atoms with Crippen molar-refractivity contribution >= 4 is 0 Å². The molecule has 21 heavy (non-hydrogen) atoms. The van der Waals surface area contributed by atoms with Crippen molar-refractivity contribution < 1.29 is 22.6 Å². The molecule has 1 aromatic rings. The summed E-state index contributed by atoms with van der Waals surface area (Å²) < 4.78 is 50.3. The monoisotopic (exact) mass is 303 g/mol. The summed E-state index contributed by atoms with van der Waals surface area (Å²) in [4.78, 5) is 0. The predicted molar refractivity (Wildman–Crippen MR) is 73.3 cm³/mol. The van der Waals surface area contributed by atoms with Crippen molar-refractivity contribution in [2.24, 2.45) is 5.73 Å². The van der Waals surface area contributed by atoms with Gasteiger partial charge in [-0.2, -0.15) is 13.2 Å². The molecule has 118 valence electrons. The predicted octanol–water partition coefficient (Wildman–Crippen LogP) is 3.15. The van der Waals surface area contributed by atoms with Gasteiger partial charge >= 0.3 is 6.18 Å². The molecule has 2 N–H and O–H groups in total. The molecule has 0 radical (unpaired) electrons. The van der Waals surface area contributed by atoms with Crippen LogP contribution in [0.1, 0.15) is 30.9 Å². The quantitative estimate of drug-likeness (QED) is 0.929. The van der Waals surface area contributed by atoms with E-state index in [1.54, 1.807) is 13.0 Å². The summed E-state index contributed by atoms with van der Waals surface area (Å²) in [6.07, 6.45) is -2.86. The van der Waals surface area contributed by atoms with Gasteiger partial charge in [-0.25, -0.2) is 0 Å². The number of rotatable bonds is 4. The molecular formula is C15H20F3NO2. The second-order valence-corrected chi connectivity index (χ2v) is 5.47. The number of nitrogens with two attached hydrogens (primary N) is 1. The molecule has 2 rings (SSSR count). The highest BCUT2D eigenvalue weighted by molar-refractivity contribution is 5.39. The van der Waals surface area contributed by atoms with E-state index >= 15 is 0 Å². The molecule has 0 bridgehead atoms. The van der Waals surface area contributed by atoms with Gasteiger partial charge in [-0.05, 0) is 43.9 Å². The number of benzene rings is 1. The summed E-state index contributed by atoms with van der Waals surface area (Å²) >= 11 is 0. The fourth-order valence-electron chi connectivity index (χ4n) is 2.38. The van der Waals surface area contributed by atoms with Crippen LogP contribution in [0.5, 0.6) is 5.75 Å². The summed E-state index contributed by atoms with van der Waals surface area (Å²) in [5.74, 6) is -0.133. The highest BCUT2D eigenvalue weighted by Gasteiger charge is 2.35. The van der Waals surface area contributed by atoms with E-state index in [4.69, 9.17) is 15.2 Å². The van der Waals surface area contributed by atoms with Gasteiger partial charge in [0, 0.05) is 12.6 Å². The van der Waals surface area contributed by atoms with E-state index in [0.717, 1.165) is 12.5 Å². The van der Waals surface area contributed by atoms with E-state index in [0.29, 0.717) is 31.6 Å². The van der Waals surface area contributed by atoms with Crippen LogP contribution >= 0.6 is 0 Å². The Morgan fingerprint density at radius 1 is 1.43 bits per heavy atom. The molecule has 2 unspecified atom stereocenters. The van der Waals surface area contributed by atoms with Gasteiger partial charge in [0.1, 0.15) is 11.9 Å². The summed E-state index contributed by atoms with van der Waals surface area (Å²) in [7, 11) is 0. The lowest BCUT2D eigenvalue weighted by molar-refractivity contribution is -0.139. The lowest BCUT2D eigenvalue weighted by atomic mass is 10.0. The molecule has 1 saturated heterocycles. The minimum atomic E-state index is -4.45. The molecule has 3 nitrogen and oxygen atoms in total. The van der Waals surface area contributed by atoms with Gasteiger partial charge in [-0.3, -0.25) is 0 Å². The molecule has 0 spiro atoms. The first kappa shape index (κ1) is 16.1. The number of halogens is 3. The maximum absolute atomic E-state index is 13.2. The molecule has 1 fully saturated rings. The van der Waals surface area contributed by atoms with Gasteiger partial charge in [0.15, 0.2) is 0 Å². The first-order chi connectivity index (χ1) is 9.86. The molecule has 1 aliphatic heterocycles. The van der Waals surface area contributed by atoms with Gasteiger partial charge in [0.2, 0.25) is 0 Å². The van der Waals surface area contributed by atoms with Gasteiger partial charge in [-0.15, -0.1) is 0 Å². The van der Waals surface area contributed by atoms with Crippen molar-refractivity contribution in [2.75, 3.05) is 13.2 Å². The Morgan fingerprint density at radius 2 is 2.19 bits per heavy atom. The summed E-state index contributed by atoms with van der Waals surface area (Å²) in [5.41, 5.74) is 5.46. The molecule has 1 aliphatic rings. The Balaban J connectivity index is 2.22. The third-order valence-electron chi connectivity index (χ3n) is 3.32. The minimum absolute atomic E-state index is 0.133. The molecule has 1 heterocycles. The maximum Gasteiger partial charge on any atom is 0.419 e. The first-order valence-corrected chi connectivity index (χ1v) is 7.06. The van der Waals surface area contributed by atoms with Crippen LogP contribution in [0.4, 0.5) is 13.2 Å². The van der Waals surface area contributed by atoms with E-state index < -0.39 is 11.7 Å². The second-order valence-electron chi connectivity index (χ2n) is 5.47. The fourth-order valence-corrected chi connectivity index (χ4v) is 2.38. The van der Waals surface area contributed by atoms with E-state index in [1.807, 2.05) is 0 Å². The molecular weight excluding hydrogens is 283 g/mol. The third-order valence-corrected chi connectivity index (χ3v) is 3.32. The Kier molecular flexibility index (Phi) is 5.11. The standard InChI is InChI=1S/C15H20F3NO2/c1-10(19)7-11-4-5-14(13(8-11)15(16,17)18)21-12-3-2-6-20-9-12/h4-5,8,10,12H,2-3,6-7,9,19H2,1H3. The number of alkyl halides is 3. The number of hydrogen-bond acceptors (Lipinski definition) is 3. The van der Waals surface area contributed by atoms with Crippen molar-refractivity contribution in [1.82, 2.24) is 0 Å². The Hall–Kier alpha value is -1.27. The van der Waals surface area contributed by atoms with Crippen molar-refractivity contribution in [1.29, 1.82) is 0 Å². The zero-order chi connectivity index (χ0) is 15.5. The smallest absolute Gasteiger partial charge is 0.419 e. The molecule has 0 aromatic heterocycles. The van der Waals surface area contributed by atoms with Gasteiger partial charge in [-0.1, -0.05) is 6.07 Å². The zero-order valence-corrected chi connectivity index (χ0v) is 12.0. The number of hydrogen-bond donors (Lipinski definition) is 1. The normalized spacial score (nSPS) is 21.1. The zero-order valence-electron chi connectivity index (χ0n) is 12.0. The Bertz CT molecular complexity index is 468. The molecule has 0 amide bonds. The van der Waals surface area contributed by atoms with Crippen LogP contribution in [0.25, 0.3) is 0 Å².